The van der Waals surface area contributed by atoms with Gasteiger partial charge >= 0.3 is 0 Å². The molecule has 2 rings (SSSR count). The normalized spacial score (nSPS) is 11.4. The van der Waals surface area contributed by atoms with E-state index in [1.807, 2.05) is 48.5 Å². The monoisotopic (exact) mass is 231 g/mol. The van der Waals surface area contributed by atoms with Crippen LogP contribution in [0.2, 0.25) is 0 Å². The number of fused-ring (bicyclic) bond motifs is 1. The number of hydrogen-bond acceptors (Lipinski definition) is 3. The van der Waals surface area contributed by atoms with Gasteiger partial charge in [0.1, 0.15) is 5.92 Å². The van der Waals surface area contributed by atoms with Crippen molar-refractivity contribution in [2.45, 2.75) is 5.92 Å². The van der Waals surface area contributed by atoms with Crippen molar-refractivity contribution in [3.05, 3.63) is 48.0 Å². The fourth-order valence-corrected chi connectivity index (χ4v) is 2.02. The van der Waals surface area contributed by atoms with Gasteiger partial charge in [-0.25, -0.2) is 0 Å². The van der Waals surface area contributed by atoms with Crippen LogP contribution in [0, 0.1) is 39.9 Å². The summed E-state index contributed by atoms with van der Waals surface area (Å²) in [6.45, 7) is 0. The Bertz CT molecular complexity index is 679. The van der Waals surface area contributed by atoms with Crippen LogP contribution in [-0.4, -0.2) is 0 Å². The highest BCUT2D eigenvalue weighted by atomic mass is 14.4. The molecule has 0 heterocycles. The van der Waals surface area contributed by atoms with Gasteiger partial charge in [-0.2, -0.15) is 15.8 Å². The highest BCUT2D eigenvalue weighted by Gasteiger charge is 2.24. The Morgan fingerprint density at radius 1 is 0.778 bits per heavy atom. The van der Waals surface area contributed by atoms with E-state index in [0.717, 1.165) is 16.3 Å². The summed E-state index contributed by atoms with van der Waals surface area (Å²) in [4.78, 5) is 0. The van der Waals surface area contributed by atoms with Crippen molar-refractivity contribution in [1.29, 1.82) is 15.8 Å². The minimum Gasteiger partial charge on any atom is -0.198 e. The second-order valence-electron chi connectivity index (χ2n) is 3.91. The van der Waals surface area contributed by atoms with Crippen LogP contribution in [0.15, 0.2) is 42.5 Å². The van der Waals surface area contributed by atoms with Crippen LogP contribution in [0.4, 0.5) is 0 Å². The summed E-state index contributed by atoms with van der Waals surface area (Å²) in [6, 6.07) is 19.1. The molecule has 0 fully saturated rings. The van der Waals surface area contributed by atoms with Crippen molar-refractivity contribution >= 4 is 10.8 Å². The third kappa shape index (κ3) is 1.88. The van der Waals surface area contributed by atoms with Crippen LogP contribution < -0.4 is 0 Å². The van der Waals surface area contributed by atoms with Crippen molar-refractivity contribution in [3.8, 4) is 18.2 Å². The largest absolute Gasteiger partial charge is 0.198 e. The van der Waals surface area contributed by atoms with Crippen molar-refractivity contribution in [1.82, 2.24) is 0 Å². The SMILES string of the molecule is N#CC(C#N)C(C#N)c1cccc2ccccc12. The summed E-state index contributed by atoms with van der Waals surface area (Å²) in [6.07, 6.45) is 0. The van der Waals surface area contributed by atoms with E-state index in [2.05, 4.69) is 6.07 Å². The van der Waals surface area contributed by atoms with E-state index in [0.29, 0.717) is 0 Å². The predicted molar refractivity (Wildman–Crippen MR) is 67.0 cm³/mol. The number of benzene rings is 2. The maximum absolute atomic E-state index is 9.22. The van der Waals surface area contributed by atoms with Crippen LogP contribution >= 0.6 is 0 Å². The lowest BCUT2D eigenvalue weighted by atomic mass is 9.86. The fourth-order valence-electron chi connectivity index (χ4n) is 2.02. The quantitative estimate of drug-likeness (QED) is 0.797. The summed E-state index contributed by atoms with van der Waals surface area (Å²) in [5.74, 6) is -1.66. The molecule has 2 aromatic carbocycles. The van der Waals surface area contributed by atoms with Gasteiger partial charge in [0.25, 0.3) is 0 Å². The first kappa shape index (κ1) is 11.6. The molecule has 0 N–H and O–H groups in total. The molecule has 0 spiro atoms. The highest BCUT2D eigenvalue weighted by molar-refractivity contribution is 5.86. The van der Waals surface area contributed by atoms with Gasteiger partial charge in [0, 0.05) is 0 Å². The van der Waals surface area contributed by atoms with E-state index >= 15 is 0 Å². The summed E-state index contributed by atoms with van der Waals surface area (Å²) in [5, 5.41) is 29.0. The number of nitriles is 3. The molecular weight excluding hydrogens is 222 g/mol. The Morgan fingerprint density at radius 2 is 1.44 bits per heavy atom. The third-order valence-corrected chi connectivity index (χ3v) is 2.91. The Kier molecular flexibility index (Phi) is 3.24. The van der Waals surface area contributed by atoms with Crippen molar-refractivity contribution in [2.24, 2.45) is 5.92 Å². The van der Waals surface area contributed by atoms with Crippen LogP contribution in [0.1, 0.15) is 11.5 Å². The molecule has 0 saturated heterocycles. The molecule has 3 nitrogen and oxygen atoms in total. The zero-order chi connectivity index (χ0) is 13.0. The molecule has 0 aliphatic heterocycles. The highest BCUT2D eigenvalue weighted by Crippen LogP contribution is 2.30. The minimum atomic E-state index is -0.944. The van der Waals surface area contributed by atoms with Gasteiger partial charge in [-0.15, -0.1) is 0 Å². The van der Waals surface area contributed by atoms with Gasteiger partial charge in [-0.05, 0) is 16.3 Å². The predicted octanol–water partition coefficient (Wildman–Crippen LogP) is 3.11. The summed E-state index contributed by atoms with van der Waals surface area (Å²) in [5.41, 5.74) is 0.740. The standard InChI is InChI=1S/C15H9N3/c16-8-12(9-17)15(10-18)14-7-3-5-11-4-1-2-6-13(11)14/h1-7,12,15H. The lowest BCUT2D eigenvalue weighted by Gasteiger charge is -2.12. The van der Waals surface area contributed by atoms with Crippen LogP contribution in [0.25, 0.3) is 10.8 Å². The van der Waals surface area contributed by atoms with Gasteiger partial charge in [-0.3, -0.25) is 0 Å². The molecular formula is C15H9N3. The molecule has 84 valence electrons. The number of nitrogens with zero attached hydrogens (tertiary/aromatic N) is 3. The third-order valence-electron chi connectivity index (χ3n) is 2.91. The average molecular weight is 231 g/mol. The van der Waals surface area contributed by atoms with Crippen LogP contribution in [-0.2, 0) is 0 Å². The second kappa shape index (κ2) is 5.00. The van der Waals surface area contributed by atoms with Gasteiger partial charge in [0.05, 0.1) is 18.2 Å². The molecule has 0 aliphatic rings. The van der Waals surface area contributed by atoms with E-state index in [9.17, 15) is 5.26 Å². The Hall–Kier alpha value is -2.83. The first-order valence-electron chi connectivity index (χ1n) is 5.48. The maximum atomic E-state index is 9.22. The molecule has 18 heavy (non-hydrogen) atoms. The Labute approximate surface area is 105 Å². The lowest BCUT2D eigenvalue weighted by molar-refractivity contribution is 0.750. The molecule has 0 radical (unpaired) electrons. The van der Waals surface area contributed by atoms with Crippen LogP contribution in [0.3, 0.4) is 0 Å². The zero-order valence-electron chi connectivity index (χ0n) is 9.54. The number of rotatable bonds is 2. The van der Waals surface area contributed by atoms with Crippen molar-refractivity contribution in [3.63, 3.8) is 0 Å². The zero-order valence-corrected chi connectivity index (χ0v) is 9.54. The van der Waals surface area contributed by atoms with Gasteiger partial charge in [0.15, 0.2) is 5.92 Å². The van der Waals surface area contributed by atoms with Crippen molar-refractivity contribution in [2.75, 3.05) is 0 Å². The number of hydrogen-bond donors (Lipinski definition) is 0. The van der Waals surface area contributed by atoms with E-state index < -0.39 is 11.8 Å². The second-order valence-corrected chi connectivity index (χ2v) is 3.91. The molecule has 0 amide bonds. The summed E-state index contributed by atoms with van der Waals surface area (Å²) < 4.78 is 0. The van der Waals surface area contributed by atoms with E-state index in [-0.39, 0.29) is 0 Å². The molecule has 3 heteroatoms. The van der Waals surface area contributed by atoms with Gasteiger partial charge in [-0.1, -0.05) is 42.5 Å². The molecule has 1 atom stereocenters. The minimum absolute atomic E-state index is 0.717. The van der Waals surface area contributed by atoms with E-state index in [1.54, 1.807) is 6.07 Å². The Morgan fingerprint density at radius 3 is 2.11 bits per heavy atom. The topological polar surface area (TPSA) is 71.4 Å². The van der Waals surface area contributed by atoms with Crippen molar-refractivity contribution < 1.29 is 0 Å². The van der Waals surface area contributed by atoms with Gasteiger partial charge < -0.3 is 0 Å². The molecule has 2 aromatic rings. The first-order valence-corrected chi connectivity index (χ1v) is 5.48. The van der Waals surface area contributed by atoms with E-state index in [4.69, 9.17) is 10.5 Å². The lowest BCUT2D eigenvalue weighted by Crippen LogP contribution is -2.08. The molecule has 0 aliphatic carbocycles. The van der Waals surface area contributed by atoms with Crippen LogP contribution in [0.5, 0.6) is 0 Å². The molecule has 0 bridgehead atoms. The van der Waals surface area contributed by atoms with Gasteiger partial charge in [0.2, 0.25) is 0 Å². The summed E-state index contributed by atoms with van der Waals surface area (Å²) >= 11 is 0. The Balaban J connectivity index is 2.65. The average Bonchev–Trinajstić information content (AvgIpc) is 2.44. The maximum Gasteiger partial charge on any atom is 0.153 e. The first-order chi connectivity index (χ1) is 8.81. The molecule has 0 saturated carbocycles. The van der Waals surface area contributed by atoms with E-state index in [1.165, 1.54) is 0 Å². The fraction of sp³-hybridized carbons (Fsp3) is 0.133. The molecule has 1 unspecified atom stereocenters. The molecule has 0 aromatic heterocycles. The summed E-state index contributed by atoms with van der Waals surface area (Å²) in [7, 11) is 0. The smallest absolute Gasteiger partial charge is 0.153 e.